The minimum atomic E-state index is -0.299. The van der Waals surface area contributed by atoms with Gasteiger partial charge >= 0.3 is 0 Å². The molecule has 2 amide bonds. The molecule has 1 aromatic carbocycles. The minimum Gasteiger partial charge on any atom is -0.311 e. The molecule has 1 aromatic heterocycles. The number of nitrogens with one attached hydrogen (secondary N) is 1. The van der Waals surface area contributed by atoms with Gasteiger partial charge in [0, 0.05) is 25.1 Å². The molecule has 0 aliphatic carbocycles. The Kier molecular flexibility index (Phi) is 8.47. The number of amides is 2. The first-order valence-electron chi connectivity index (χ1n) is 8.54. The summed E-state index contributed by atoms with van der Waals surface area (Å²) in [6.07, 6.45) is 0.273. The van der Waals surface area contributed by atoms with E-state index < -0.39 is 0 Å². The molecular weight excluding hydrogens is 394 g/mol. The predicted octanol–water partition coefficient (Wildman–Crippen LogP) is 3.73. The van der Waals surface area contributed by atoms with Gasteiger partial charge in [-0.05, 0) is 19.1 Å². The maximum Gasteiger partial charge on any atom is 0.227 e. The zero-order valence-electron chi connectivity index (χ0n) is 15.3. The lowest BCUT2D eigenvalue weighted by Crippen LogP contribution is -2.32. The summed E-state index contributed by atoms with van der Waals surface area (Å²) in [4.78, 5) is 30.6. The van der Waals surface area contributed by atoms with Crippen LogP contribution < -0.4 is 10.2 Å². The highest BCUT2D eigenvalue weighted by molar-refractivity contribution is 8.01. The fraction of sp³-hybridized carbons (Fsp3) is 0.316. The van der Waals surface area contributed by atoms with E-state index in [1.54, 1.807) is 12.1 Å². The number of benzene rings is 1. The van der Waals surface area contributed by atoms with Crippen LogP contribution in [-0.2, 0) is 9.59 Å². The maximum absolute atomic E-state index is 12.6. The zero-order valence-corrected chi connectivity index (χ0v) is 17.0. The number of nitriles is 2. The lowest BCUT2D eigenvalue weighted by Gasteiger charge is -2.21. The summed E-state index contributed by atoms with van der Waals surface area (Å²) in [5, 5.41) is 20.7. The number of thioether (sulfide) groups is 1. The van der Waals surface area contributed by atoms with Crippen LogP contribution in [-0.4, -0.2) is 29.1 Å². The van der Waals surface area contributed by atoms with Crippen molar-refractivity contribution in [2.75, 3.05) is 22.5 Å². The number of carbonyl (C=O) groups is 2. The number of para-hydroxylation sites is 1. The molecule has 7 nitrogen and oxygen atoms in total. The molecule has 28 heavy (non-hydrogen) atoms. The molecular formula is C19H19N5O2S2. The summed E-state index contributed by atoms with van der Waals surface area (Å²) in [5.74, 6) is -0.187. The van der Waals surface area contributed by atoms with Crippen molar-refractivity contribution < 1.29 is 9.59 Å². The lowest BCUT2D eigenvalue weighted by atomic mass is 10.2. The summed E-state index contributed by atoms with van der Waals surface area (Å²) >= 11 is 2.69. The van der Waals surface area contributed by atoms with E-state index >= 15 is 0 Å². The molecule has 0 saturated heterocycles. The van der Waals surface area contributed by atoms with E-state index in [0.717, 1.165) is 9.90 Å². The number of hydrogen-bond acceptors (Lipinski definition) is 7. The van der Waals surface area contributed by atoms with Crippen molar-refractivity contribution >= 4 is 45.7 Å². The molecule has 144 valence electrons. The molecule has 2 aromatic rings. The van der Waals surface area contributed by atoms with Crippen molar-refractivity contribution in [3.8, 4) is 12.1 Å². The van der Waals surface area contributed by atoms with Crippen molar-refractivity contribution in [3.05, 3.63) is 36.0 Å². The Morgan fingerprint density at radius 2 is 1.96 bits per heavy atom. The quantitative estimate of drug-likeness (QED) is 0.627. The third-order valence-corrected chi connectivity index (χ3v) is 5.95. The second-order valence-corrected chi connectivity index (χ2v) is 7.92. The molecule has 0 bridgehead atoms. The highest BCUT2D eigenvalue weighted by Gasteiger charge is 2.17. The monoisotopic (exact) mass is 413 g/mol. The van der Waals surface area contributed by atoms with Crippen LogP contribution in [0.25, 0.3) is 0 Å². The summed E-state index contributed by atoms with van der Waals surface area (Å²) in [6.45, 7) is 2.11. The van der Waals surface area contributed by atoms with E-state index in [1.165, 1.54) is 28.0 Å². The number of hydrogen-bond donors (Lipinski definition) is 1. The van der Waals surface area contributed by atoms with E-state index in [4.69, 9.17) is 10.5 Å². The van der Waals surface area contributed by atoms with Crippen LogP contribution >= 0.6 is 23.1 Å². The minimum absolute atomic E-state index is 0.0218. The van der Waals surface area contributed by atoms with Gasteiger partial charge in [0.1, 0.15) is 0 Å². The SMILES string of the molecule is Cc1nc(NC(=O)CCC(=O)N(CCC#N)c2ccccc2)sc1SCC#N. The van der Waals surface area contributed by atoms with Gasteiger partial charge in [-0.15, -0.1) is 0 Å². The molecule has 0 fully saturated rings. The Bertz CT molecular complexity index is 899. The molecule has 0 unspecified atom stereocenters. The summed E-state index contributed by atoms with van der Waals surface area (Å²) < 4.78 is 0.889. The number of anilines is 2. The predicted molar refractivity (Wildman–Crippen MR) is 110 cm³/mol. The van der Waals surface area contributed by atoms with Crippen LogP contribution in [0.3, 0.4) is 0 Å². The maximum atomic E-state index is 12.6. The number of aromatic nitrogens is 1. The third kappa shape index (κ3) is 6.38. The van der Waals surface area contributed by atoms with Gasteiger partial charge in [-0.1, -0.05) is 41.3 Å². The molecule has 0 saturated carbocycles. The molecule has 0 aliphatic rings. The number of aryl methyl sites for hydroxylation is 1. The van der Waals surface area contributed by atoms with E-state index in [1.807, 2.05) is 31.2 Å². The van der Waals surface area contributed by atoms with Crippen LogP contribution in [0.4, 0.5) is 10.8 Å². The Hall–Kier alpha value is -2.88. The molecule has 1 heterocycles. The normalized spacial score (nSPS) is 9.96. The number of thiazole rings is 1. The van der Waals surface area contributed by atoms with Gasteiger partial charge < -0.3 is 10.2 Å². The second kappa shape index (κ2) is 11.1. The highest BCUT2D eigenvalue weighted by atomic mass is 32.2. The Morgan fingerprint density at radius 1 is 1.21 bits per heavy atom. The van der Waals surface area contributed by atoms with Gasteiger partial charge in [-0.3, -0.25) is 9.59 Å². The summed E-state index contributed by atoms with van der Waals surface area (Å²) in [6, 6.07) is 13.2. The third-order valence-electron chi connectivity index (χ3n) is 3.65. The Morgan fingerprint density at radius 3 is 2.64 bits per heavy atom. The van der Waals surface area contributed by atoms with Crippen LogP contribution in [0, 0.1) is 29.6 Å². The summed E-state index contributed by atoms with van der Waals surface area (Å²) in [5.41, 5.74) is 1.47. The zero-order chi connectivity index (χ0) is 20.4. The van der Waals surface area contributed by atoms with Crippen LogP contribution in [0.5, 0.6) is 0 Å². The molecule has 0 atom stereocenters. The lowest BCUT2D eigenvalue weighted by molar-refractivity contribution is -0.122. The van der Waals surface area contributed by atoms with Gasteiger partial charge in [0.05, 0.1) is 34.2 Å². The number of rotatable bonds is 9. The highest BCUT2D eigenvalue weighted by Crippen LogP contribution is 2.31. The van der Waals surface area contributed by atoms with E-state index in [9.17, 15) is 9.59 Å². The topological polar surface area (TPSA) is 110 Å². The second-order valence-electron chi connectivity index (χ2n) is 5.68. The van der Waals surface area contributed by atoms with Crippen LogP contribution in [0.1, 0.15) is 25.0 Å². The van der Waals surface area contributed by atoms with Crippen molar-refractivity contribution in [3.63, 3.8) is 0 Å². The first kappa shape index (κ1) is 21.4. The average Bonchev–Trinajstić information content (AvgIpc) is 3.04. The van der Waals surface area contributed by atoms with Crippen LogP contribution in [0.2, 0.25) is 0 Å². The first-order chi connectivity index (χ1) is 13.5. The number of carbonyl (C=O) groups excluding carboxylic acids is 2. The standard InChI is InChI=1S/C19H19N5O2S2/c1-14-18(27-13-11-21)28-19(22-14)23-16(25)8-9-17(26)24(12-5-10-20)15-6-3-2-4-7-15/h2-4,6-7H,5,8-9,12-13H2,1H3,(H,22,23,25). The average molecular weight is 414 g/mol. The molecule has 1 N–H and O–H groups in total. The van der Waals surface area contributed by atoms with Crippen molar-refractivity contribution in [1.29, 1.82) is 10.5 Å². The van der Waals surface area contributed by atoms with Gasteiger partial charge in [0.2, 0.25) is 11.8 Å². The largest absolute Gasteiger partial charge is 0.311 e. The van der Waals surface area contributed by atoms with Gasteiger partial charge in [0.15, 0.2) is 5.13 Å². The van der Waals surface area contributed by atoms with Crippen LogP contribution in [0.15, 0.2) is 34.5 Å². The summed E-state index contributed by atoms with van der Waals surface area (Å²) in [7, 11) is 0. The van der Waals surface area contributed by atoms with Gasteiger partial charge in [0.25, 0.3) is 0 Å². The molecule has 2 rings (SSSR count). The molecule has 0 aliphatic heterocycles. The van der Waals surface area contributed by atoms with E-state index in [0.29, 0.717) is 16.6 Å². The molecule has 0 spiro atoms. The molecule has 9 heteroatoms. The van der Waals surface area contributed by atoms with Gasteiger partial charge in [-0.2, -0.15) is 10.5 Å². The van der Waals surface area contributed by atoms with Gasteiger partial charge in [-0.25, -0.2) is 4.98 Å². The fourth-order valence-electron chi connectivity index (χ4n) is 2.37. The van der Waals surface area contributed by atoms with E-state index in [-0.39, 0.29) is 37.6 Å². The van der Waals surface area contributed by atoms with Crippen molar-refractivity contribution in [1.82, 2.24) is 4.98 Å². The first-order valence-corrected chi connectivity index (χ1v) is 10.3. The molecule has 0 radical (unpaired) electrons. The Balaban J connectivity index is 1.92. The van der Waals surface area contributed by atoms with E-state index in [2.05, 4.69) is 16.4 Å². The fourth-order valence-corrected chi connectivity index (χ4v) is 4.19. The van der Waals surface area contributed by atoms with Crippen molar-refractivity contribution in [2.45, 2.75) is 30.4 Å². The Labute approximate surface area is 172 Å². The number of nitrogens with zero attached hydrogens (tertiary/aromatic N) is 4. The van der Waals surface area contributed by atoms with Crippen molar-refractivity contribution in [2.24, 2.45) is 0 Å². The smallest absolute Gasteiger partial charge is 0.227 e.